The molecule has 0 unspecified atom stereocenters. The van der Waals surface area contributed by atoms with E-state index in [0.29, 0.717) is 22.3 Å². The lowest BCUT2D eigenvalue weighted by Crippen LogP contribution is -2.42. The van der Waals surface area contributed by atoms with Gasteiger partial charge in [0.2, 0.25) is 0 Å². The van der Waals surface area contributed by atoms with Crippen LogP contribution in [0.4, 0.5) is 0 Å². The molecular formula is C13H17ClN2O2S. The molecule has 0 aliphatic heterocycles. The van der Waals surface area contributed by atoms with Crippen LogP contribution in [0.1, 0.15) is 13.8 Å². The third-order valence-electron chi connectivity index (χ3n) is 2.56. The van der Waals surface area contributed by atoms with Gasteiger partial charge in [0.25, 0.3) is 5.91 Å². The zero-order valence-corrected chi connectivity index (χ0v) is 12.5. The summed E-state index contributed by atoms with van der Waals surface area (Å²) in [7, 11) is 0. The first-order chi connectivity index (χ1) is 8.81. The topological polar surface area (TPSA) is 64.3 Å². The summed E-state index contributed by atoms with van der Waals surface area (Å²) < 4.78 is 5.31. The molecule has 1 rings (SSSR count). The first-order valence-electron chi connectivity index (χ1n) is 5.76. The predicted octanol–water partition coefficient (Wildman–Crippen LogP) is 2.15. The second-order valence-electron chi connectivity index (χ2n) is 4.77. The third kappa shape index (κ3) is 5.44. The summed E-state index contributed by atoms with van der Waals surface area (Å²) >= 11 is 10.7. The molecule has 1 aromatic rings. The van der Waals surface area contributed by atoms with Gasteiger partial charge in [0, 0.05) is 17.0 Å². The van der Waals surface area contributed by atoms with Crippen molar-refractivity contribution in [3.05, 3.63) is 29.3 Å². The molecule has 0 spiro atoms. The number of rotatable bonds is 6. The standard InChI is InChI=1S/C13H17ClN2O2S/c1-13(2,12(15)19)8-16-11(17)7-18-10-5-3-4-9(14)6-10/h3-6H,7-8H2,1-2H3,(H2,15,19)(H,16,17). The van der Waals surface area contributed by atoms with Crippen molar-refractivity contribution in [1.29, 1.82) is 0 Å². The molecule has 0 atom stereocenters. The lowest BCUT2D eigenvalue weighted by atomic mass is 9.94. The fourth-order valence-electron chi connectivity index (χ4n) is 1.16. The van der Waals surface area contributed by atoms with Crippen LogP contribution in [0.2, 0.25) is 5.02 Å². The van der Waals surface area contributed by atoms with Crippen LogP contribution >= 0.6 is 23.8 Å². The summed E-state index contributed by atoms with van der Waals surface area (Å²) in [6.45, 7) is 4.04. The second kappa shape index (κ2) is 6.73. The lowest BCUT2D eigenvalue weighted by Gasteiger charge is -2.23. The molecule has 6 heteroatoms. The van der Waals surface area contributed by atoms with Crippen molar-refractivity contribution >= 4 is 34.7 Å². The van der Waals surface area contributed by atoms with Gasteiger partial charge in [-0.1, -0.05) is 43.7 Å². The van der Waals surface area contributed by atoms with E-state index in [1.165, 1.54) is 0 Å². The highest BCUT2D eigenvalue weighted by Gasteiger charge is 2.22. The summed E-state index contributed by atoms with van der Waals surface area (Å²) in [4.78, 5) is 12.0. The molecule has 0 aromatic heterocycles. The summed E-state index contributed by atoms with van der Waals surface area (Å²) in [6.07, 6.45) is 0. The van der Waals surface area contributed by atoms with Crippen molar-refractivity contribution in [2.45, 2.75) is 13.8 Å². The van der Waals surface area contributed by atoms with Crippen LogP contribution in [-0.2, 0) is 4.79 Å². The van der Waals surface area contributed by atoms with Gasteiger partial charge in [-0.25, -0.2) is 0 Å². The Morgan fingerprint density at radius 3 is 2.79 bits per heavy atom. The van der Waals surface area contributed by atoms with Crippen LogP contribution in [0.15, 0.2) is 24.3 Å². The summed E-state index contributed by atoms with van der Waals surface area (Å²) in [5.74, 6) is 0.320. The molecule has 104 valence electrons. The minimum Gasteiger partial charge on any atom is -0.484 e. The zero-order chi connectivity index (χ0) is 14.5. The van der Waals surface area contributed by atoms with Crippen LogP contribution in [0.5, 0.6) is 5.75 Å². The molecule has 4 nitrogen and oxygen atoms in total. The Morgan fingerprint density at radius 2 is 2.21 bits per heavy atom. The average molecular weight is 301 g/mol. The van der Waals surface area contributed by atoms with Gasteiger partial charge >= 0.3 is 0 Å². The van der Waals surface area contributed by atoms with E-state index >= 15 is 0 Å². The maximum atomic E-state index is 11.6. The number of amides is 1. The number of benzene rings is 1. The number of nitrogens with two attached hydrogens (primary N) is 1. The Hall–Kier alpha value is -1.33. The molecule has 0 heterocycles. The highest BCUT2D eigenvalue weighted by molar-refractivity contribution is 7.80. The molecule has 0 saturated heterocycles. The molecule has 0 radical (unpaired) electrons. The van der Waals surface area contributed by atoms with E-state index in [9.17, 15) is 4.79 Å². The van der Waals surface area contributed by atoms with E-state index in [1.807, 2.05) is 13.8 Å². The smallest absolute Gasteiger partial charge is 0.257 e. The average Bonchev–Trinajstić information content (AvgIpc) is 2.34. The van der Waals surface area contributed by atoms with Crippen molar-refractivity contribution < 1.29 is 9.53 Å². The molecule has 0 aliphatic rings. The summed E-state index contributed by atoms with van der Waals surface area (Å²) in [5, 5.41) is 3.29. The number of ether oxygens (including phenoxy) is 1. The molecule has 0 aliphatic carbocycles. The van der Waals surface area contributed by atoms with Crippen molar-refractivity contribution in [2.24, 2.45) is 11.1 Å². The van der Waals surface area contributed by atoms with Crippen molar-refractivity contribution in [3.63, 3.8) is 0 Å². The van der Waals surface area contributed by atoms with Gasteiger partial charge in [-0.05, 0) is 18.2 Å². The molecule has 1 amide bonds. The SMILES string of the molecule is CC(C)(CNC(=O)COc1cccc(Cl)c1)C(N)=S. The number of nitrogens with one attached hydrogen (secondary N) is 1. The quantitative estimate of drug-likeness (QED) is 0.790. The second-order valence-corrected chi connectivity index (χ2v) is 5.65. The number of hydrogen-bond acceptors (Lipinski definition) is 3. The first kappa shape index (κ1) is 15.7. The molecular weight excluding hydrogens is 284 g/mol. The van der Waals surface area contributed by atoms with Gasteiger partial charge in [0.1, 0.15) is 5.75 Å². The molecule has 1 aromatic carbocycles. The van der Waals surface area contributed by atoms with E-state index in [4.69, 9.17) is 34.3 Å². The number of halogens is 1. The van der Waals surface area contributed by atoms with Gasteiger partial charge in [0.05, 0.1) is 4.99 Å². The molecule has 3 N–H and O–H groups in total. The largest absolute Gasteiger partial charge is 0.484 e. The fraction of sp³-hybridized carbons (Fsp3) is 0.385. The van der Waals surface area contributed by atoms with Crippen LogP contribution in [0, 0.1) is 5.41 Å². The maximum absolute atomic E-state index is 11.6. The predicted molar refractivity (Wildman–Crippen MR) is 80.5 cm³/mol. The number of carbonyl (C=O) groups excluding carboxylic acids is 1. The number of thiocarbonyl (C=S) groups is 1. The Labute approximate surface area is 123 Å². The highest BCUT2D eigenvalue weighted by Crippen LogP contribution is 2.17. The normalized spacial score (nSPS) is 10.9. The molecule has 19 heavy (non-hydrogen) atoms. The molecule has 0 fully saturated rings. The van der Waals surface area contributed by atoms with Crippen molar-refractivity contribution in [1.82, 2.24) is 5.32 Å². The first-order valence-corrected chi connectivity index (χ1v) is 6.55. The van der Waals surface area contributed by atoms with E-state index in [2.05, 4.69) is 5.32 Å². The van der Waals surface area contributed by atoms with Gasteiger partial charge in [-0.2, -0.15) is 0 Å². The maximum Gasteiger partial charge on any atom is 0.257 e. The van der Waals surface area contributed by atoms with Gasteiger partial charge in [-0.15, -0.1) is 0 Å². The fourth-order valence-corrected chi connectivity index (χ4v) is 1.42. The Kier molecular flexibility index (Phi) is 5.57. The highest BCUT2D eigenvalue weighted by atomic mass is 35.5. The summed E-state index contributed by atoms with van der Waals surface area (Å²) in [6, 6.07) is 6.87. The summed E-state index contributed by atoms with van der Waals surface area (Å²) in [5.41, 5.74) is 5.16. The minimum absolute atomic E-state index is 0.0756. The van der Waals surface area contributed by atoms with Crippen LogP contribution in [0.25, 0.3) is 0 Å². The van der Waals surface area contributed by atoms with Crippen LogP contribution < -0.4 is 15.8 Å². The minimum atomic E-state index is -0.416. The van der Waals surface area contributed by atoms with E-state index in [-0.39, 0.29) is 12.5 Å². The Bertz CT molecular complexity index is 477. The van der Waals surface area contributed by atoms with E-state index < -0.39 is 5.41 Å². The number of carbonyl (C=O) groups is 1. The number of hydrogen-bond donors (Lipinski definition) is 2. The van der Waals surface area contributed by atoms with Crippen molar-refractivity contribution in [3.8, 4) is 5.75 Å². The molecule has 0 saturated carbocycles. The van der Waals surface area contributed by atoms with Gasteiger partial charge in [-0.3, -0.25) is 4.79 Å². The Morgan fingerprint density at radius 1 is 1.53 bits per heavy atom. The van der Waals surface area contributed by atoms with Gasteiger partial charge in [0.15, 0.2) is 6.61 Å². The van der Waals surface area contributed by atoms with E-state index in [0.717, 1.165) is 0 Å². The third-order valence-corrected chi connectivity index (χ3v) is 3.35. The van der Waals surface area contributed by atoms with E-state index in [1.54, 1.807) is 24.3 Å². The van der Waals surface area contributed by atoms with Crippen LogP contribution in [-0.4, -0.2) is 24.0 Å². The van der Waals surface area contributed by atoms with Crippen LogP contribution in [0.3, 0.4) is 0 Å². The monoisotopic (exact) mass is 300 g/mol. The van der Waals surface area contributed by atoms with Gasteiger partial charge < -0.3 is 15.8 Å². The van der Waals surface area contributed by atoms with Crippen molar-refractivity contribution in [2.75, 3.05) is 13.2 Å². The lowest BCUT2D eigenvalue weighted by molar-refractivity contribution is -0.123. The molecule has 0 bridgehead atoms. The Balaban J connectivity index is 2.39. The zero-order valence-electron chi connectivity index (χ0n) is 10.9.